The average Bonchev–Trinajstić information content (AvgIpc) is 2.36. The Morgan fingerprint density at radius 1 is 1.43 bits per heavy atom. The molecule has 1 aliphatic rings. The van der Waals surface area contributed by atoms with Crippen LogP contribution in [0.15, 0.2) is 18.2 Å². The summed E-state index contributed by atoms with van der Waals surface area (Å²) in [6, 6.07) is 5.95. The highest BCUT2D eigenvalue weighted by Gasteiger charge is 2.47. The lowest BCUT2D eigenvalue weighted by Gasteiger charge is -2.53. The first-order valence-electron chi connectivity index (χ1n) is 7.33. The zero-order valence-electron chi connectivity index (χ0n) is 13.7. The summed E-state index contributed by atoms with van der Waals surface area (Å²) in [5.41, 5.74) is 0.931. The van der Waals surface area contributed by atoms with Crippen LogP contribution in [0, 0.1) is 0 Å². The minimum atomic E-state index is -0.981. The van der Waals surface area contributed by atoms with Gasteiger partial charge in [0.15, 0.2) is 0 Å². The molecule has 4 heteroatoms. The van der Waals surface area contributed by atoms with Gasteiger partial charge in [0.25, 0.3) is 0 Å². The lowest BCUT2D eigenvalue weighted by molar-refractivity contribution is -0.142. The second kappa shape index (κ2) is 4.93. The van der Waals surface area contributed by atoms with Crippen LogP contribution in [0.1, 0.15) is 52.5 Å². The standard InChI is InChI=1S/C17H25NO3/c1-11-10-16(2,3)18(17(4,5)15(19)20)14-9-12(21-6)7-8-13(11)14/h7-9,11H,10H2,1-6H3,(H,19,20)/t11-/m0/s1. The highest BCUT2D eigenvalue weighted by Crippen LogP contribution is 2.47. The number of carbonyl (C=O) groups is 1. The van der Waals surface area contributed by atoms with Gasteiger partial charge in [0, 0.05) is 17.3 Å². The predicted octanol–water partition coefficient (Wildman–Crippen LogP) is 3.65. The molecule has 1 heterocycles. The van der Waals surface area contributed by atoms with E-state index in [1.54, 1.807) is 21.0 Å². The zero-order chi connectivity index (χ0) is 16.0. The molecule has 1 aliphatic heterocycles. The molecule has 0 aliphatic carbocycles. The molecule has 1 aromatic carbocycles. The summed E-state index contributed by atoms with van der Waals surface area (Å²) in [5.74, 6) is 0.325. The second-order valence-electron chi connectivity index (χ2n) is 7.04. The van der Waals surface area contributed by atoms with Crippen LogP contribution in [-0.4, -0.2) is 29.3 Å². The van der Waals surface area contributed by atoms with Gasteiger partial charge < -0.3 is 14.7 Å². The number of aliphatic carboxylic acids is 1. The molecule has 2 rings (SSSR count). The molecule has 0 bridgehead atoms. The van der Waals surface area contributed by atoms with Crippen molar-refractivity contribution in [1.82, 2.24) is 0 Å². The van der Waals surface area contributed by atoms with Crippen LogP contribution in [0.4, 0.5) is 5.69 Å². The molecular weight excluding hydrogens is 266 g/mol. The van der Waals surface area contributed by atoms with Crippen molar-refractivity contribution in [2.24, 2.45) is 0 Å². The van der Waals surface area contributed by atoms with Gasteiger partial charge in [0.1, 0.15) is 11.3 Å². The summed E-state index contributed by atoms with van der Waals surface area (Å²) in [5, 5.41) is 9.67. The first-order valence-corrected chi connectivity index (χ1v) is 7.33. The molecule has 0 spiro atoms. The van der Waals surface area contributed by atoms with Crippen molar-refractivity contribution >= 4 is 11.7 Å². The van der Waals surface area contributed by atoms with E-state index in [1.165, 1.54) is 5.56 Å². The van der Waals surface area contributed by atoms with E-state index < -0.39 is 11.5 Å². The van der Waals surface area contributed by atoms with E-state index in [9.17, 15) is 9.90 Å². The number of hydrogen-bond donors (Lipinski definition) is 1. The van der Waals surface area contributed by atoms with E-state index in [0.29, 0.717) is 5.92 Å². The summed E-state index contributed by atoms with van der Waals surface area (Å²) in [7, 11) is 1.63. The minimum absolute atomic E-state index is 0.235. The van der Waals surface area contributed by atoms with Gasteiger partial charge in [-0.1, -0.05) is 13.0 Å². The van der Waals surface area contributed by atoms with Crippen molar-refractivity contribution < 1.29 is 14.6 Å². The Hall–Kier alpha value is -1.71. The van der Waals surface area contributed by atoms with E-state index in [-0.39, 0.29) is 5.54 Å². The molecule has 1 N–H and O–H groups in total. The smallest absolute Gasteiger partial charge is 0.328 e. The lowest BCUT2D eigenvalue weighted by atomic mass is 9.77. The summed E-state index contributed by atoms with van der Waals surface area (Å²) in [6.45, 7) is 9.93. The Kier molecular flexibility index (Phi) is 3.68. The molecule has 21 heavy (non-hydrogen) atoms. The van der Waals surface area contributed by atoms with E-state index in [0.717, 1.165) is 17.9 Å². The lowest BCUT2D eigenvalue weighted by Crippen LogP contribution is -2.61. The third-order valence-electron chi connectivity index (χ3n) is 4.50. The number of fused-ring (bicyclic) bond motifs is 1. The Labute approximate surface area is 126 Å². The van der Waals surface area contributed by atoms with Crippen LogP contribution < -0.4 is 9.64 Å². The highest BCUT2D eigenvalue weighted by molar-refractivity contribution is 5.84. The molecule has 0 aromatic heterocycles. The normalized spacial score (nSPS) is 20.9. The molecule has 0 saturated heterocycles. The molecule has 0 fully saturated rings. The molecule has 4 nitrogen and oxygen atoms in total. The SMILES string of the molecule is COc1ccc2c(c1)N(C(C)(C)C(=O)O)C(C)(C)C[C@@H]2C. The third-order valence-corrected chi connectivity index (χ3v) is 4.50. The fraction of sp³-hybridized carbons (Fsp3) is 0.588. The first kappa shape index (κ1) is 15.7. The van der Waals surface area contributed by atoms with Gasteiger partial charge >= 0.3 is 5.97 Å². The van der Waals surface area contributed by atoms with E-state index in [4.69, 9.17) is 4.74 Å². The zero-order valence-corrected chi connectivity index (χ0v) is 13.7. The van der Waals surface area contributed by atoms with E-state index in [2.05, 4.69) is 26.8 Å². The number of carboxylic acid groups (broad SMARTS) is 1. The number of hydrogen-bond acceptors (Lipinski definition) is 3. The fourth-order valence-corrected chi connectivity index (χ4v) is 3.69. The van der Waals surface area contributed by atoms with Gasteiger partial charge in [-0.15, -0.1) is 0 Å². The van der Waals surface area contributed by atoms with Crippen LogP contribution in [0.5, 0.6) is 5.75 Å². The maximum Gasteiger partial charge on any atom is 0.328 e. The van der Waals surface area contributed by atoms with Crippen molar-refractivity contribution in [1.29, 1.82) is 0 Å². The number of methoxy groups -OCH3 is 1. The predicted molar refractivity (Wildman–Crippen MR) is 84.3 cm³/mol. The number of rotatable bonds is 3. The van der Waals surface area contributed by atoms with Crippen LogP contribution in [0.2, 0.25) is 0 Å². The van der Waals surface area contributed by atoms with E-state index in [1.807, 2.05) is 17.0 Å². The Bertz CT molecular complexity index is 563. The van der Waals surface area contributed by atoms with E-state index >= 15 is 0 Å². The number of nitrogens with zero attached hydrogens (tertiary/aromatic N) is 1. The van der Waals surface area contributed by atoms with Gasteiger partial charge in [-0.2, -0.15) is 0 Å². The number of ether oxygens (including phenoxy) is 1. The Morgan fingerprint density at radius 3 is 2.57 bits per heavy atom. The van der Waals surface area contributed by atoms with Gasteiger partial charge in [-0.3, -0.25) is 0 Å². The third kappa shape index (κ3) is 2.47. The van der Waals surface area contributed by atoms with Gasteiger partial charge in [0.05, 0.1) is 7.11 Å². The molecule has 1 atom stereocenters. The van der Waals surface area contributed by atoms with Crippen molar-refractivity contribution in [2.75, 3.05) is 12.0 Å². The molecule has 116 valence electrons. The van der Waals surface area contributed by atoms with Crippen LogP contribution in [-0.2, 0) is 4.79 Å². The number of benzene rings is 1. The molecule has 0 radical (unpaired) electrons. The van der Waals surface area contributed by atoms with Gasteiger partial charge in [-0.05, 0) is 51.7 Å². The number of carboxylic acids is 1. The summed E-state index contributed by atoms with van der Waals surface area (Å²) in [4.78, 5) is 13.8. The molecule has 0 saturated carbocycles. The maximum atomic E-state index is 11.8. The monoisotopic (exact) mass is 291 g/mol. The van der Waals surface area contributed by atoms with Crippen LogP contribution in [0.3, 0.4) is 0 Å². The Morgan fingerprint density at radius 2 is 2.05 bits per heavy atom. The topological polar surface area (TPSA) is 49.8 Å². The molecular formula is C17H25NO3. The molecule has 0 unspecified atom stereocenters. The van der Waals surface area contributed by atoms with Crippen LogP contribution in [0.25, 0.3) is 0 Å². The summed E-state index contributed by atoms with van der Waals surface area (Å²) < 4.78 is 5.33. The first-order chi connectivity index (χ1) is 9.61. The summed E-state index contributed by atoms with van der Waals surface area (Å²) >= 11 is 0. The van der Waals surface area contributed by atoms with Gasteiger partial charge in [-0.25, -0.2) is 4.79 Å². The van der Waals surface area contributed by atoms with Crippen molar-refractivity contribution in [3.63, 3.8) is 0 Å². The fourth-order valence-electron chi connectivity index (χ4n) is 3.69. The Balaban J connectivity index is 2.68. The largest absolute Gasteiger partial charge is 0.497 e. The second-order valence-corrected chi connectivity index (χ2v) is 7.04. The molecule has 1 aromatic rings. The van der Waals surface area contributed by atoms with Crippen LogP contribution >= 0.6 is 0 Å². The maximum absolute atomic E-state index is 11.8. The number of anilines is 1. The van der Waals surface area contributed by atoms with Crippen molar-refractivity contribution in [3.05, 3.63) is 23.8 Å². The average molecular weight is 291 g/mol. The molecule has 0 amide bonds. The van der Waals surface area contributed by atoms with Crippen molar-refractivity contribution in [3.8, 4) is 5.75 Å². The van der Waals surface area contributed by atoms with Crippen molar-refractivity contribution in [2.45, 2.75) is 58.0 Å². The van der Waals surface area contributed by atoms with Gasteiger partial charge in [0.2, 0.25) is 0 Å². The minimum Gasteiger partial charge on any atom is -0.497 e. The highest BCUT2D eigenvalue weighted by atomic mass is 16.5. The quantitative estimate of drug-likeness (QED) is 0.923. The summed E-state index contributed by atoms with van der Waals surface area (Å²) in [6.07, 6.45) is 0.920.